The molecule has 116 valence electrons. The van der Waals surface area contributed by atoms with Crippen molar-refractivity contribution in [3.05, 3.63) is 18.2 Å². The molecule has 2 rings (SSSR count). The number of rotatable bonds is 6. The van der Waals surface area contributed by atoms with E-state index in [9.17, 15) is 4.79 Å². The van der Waals surface area contributed by atoms with Gasteiger partial charge in [-0.05, 0) is 38.0 Å². The van der Waals surface area contributed by atoms with Gasteiger partial charge in [-0.15, -0.1) is 11.8 Å². The van der Waals surface area contributed by atoms with E-state index in [4.69, 9.17) is 21.1 Å². The minimum absolute atomic E-state index is 0.0347. The van der Waals surface area contributed by atoms with E-state index in [2.05, 4.69) is 5.43 Å². The van der Waals surface area contributed by atoms with Crippen LogP contribution in [0.4, 0.5) is 5.69 Å². The summed E-state index contributed by atoms with van der Waals surface area (Å²) < 4.78 is 11.1. The Kier molecular flexibility index (Phi) is 5.72. The SMILES string of the molecule is CCOc1ccc(N)c(SCC2CCC(C(=O)NN)O2)c1. The zero-order valence-corrected chi connectivity index (χ0v) is 12.8. The standard InChI is InChI=1S/C14H21N3O3S/c1-2-19-9-3-5-11(15)13(7-9)21-8-10-4-6-12(20-10)14(18)17-16/h3,5,7,10,12H,2,4,6,8,15-16H2,1H3,(H,17,18). The van der Waals surface area contributed by atoms with Crippen LogP contribution in [0.1, 0.15) is 19.8 Å². The molecule has 2 atom stereocenters. The summed E-state index contributed by atoms with van der Waals surface area (Å²) in [5.74, 6) is 6.40. The second kappa shape index (κ2) is 7.53. The van der Waals surface area contributed by atoms with Crippen molar-refractivity contribution in [2.75, 3.05) is 18.1 Å². The van der Waals surface area contributed by atoms with E-state index in [1.165, 1.54) is 0 Å². The van der Waals surface area contributed by atoms with Gasteiger partial charge in [0.2, 0.25) is 0 Å². The van der Waals surface area contributed by atoms with Gasteiger partial charge in [-0.1, -0.05) is 0 Å². The maximum atomic E-state index is 11.4. The minimum Gasteiger partial charge on any atom is -0.494 e. The number of nitrogens with two attached hydrogens (primary N) is 2. The molecule has 0 saturated carbocycles. The van der Waals surface area contributed by atoms with Crippen LogP contribution in [0.5, 0.6) is 5.75 Å². The van der Waals surface area contributed by atoms with Crippen molar-refractivity contribution in [3.8, 4) is 5.75 Å². The van der Waals surface area contributed by atoms with Crippen molar-refractivity contribution in [2.24, 2.45) is 5.84 Å². The Labute approximate surface area is 128 Å². The minimum atomic E-state index is -0.437. The van der Waals surface area contributed by atoms with Gasteiger partial charge in [0.05, 0.1) is 12.7 Å². The molecule has 1 aromatic carbocycles. The van der Waals surface area contributed by atoms with Crippen LogP contribution in [-0.4, -0.2) is 30.5 Å². The lowest BCUT2D eigenvalue weighted by Gasteiger charge is -2.13. The second-order valence-electron chi connectivity index (χ2n) is 4.78. The van der Waals surface area contributed by atoms with E-state index in [1.54, 1.807) is 11.8 Å². The maximum Gasteiger partial charge on any atom is 0.263 e. The molecule has 0 aliphatic carbocycles. The molecule has 2 unspecified atom stereocenters. The molecule has 0 radical (unpaired) electrons. The third-order valence-electron chi connectivity index (χ3n) is 3.26. The average molecular weight is 311 g/mol. The number of ether oxygens (including phenoxy) is 2. The smallest absolute Gasteiger partial charge is 0.263 e. The summed E-state index contributed by atoms with van der Waals surface area (Å²) in [7, 11) is 0. The number of thioether (sulfide) groups is 1. The molecule has 1 heterocycles. The van der Waals surface area contributed by atoms with E-state index in [-0.39, 0.29) is 12.0 Å². The first-order valence-electron chi connectivity index (χ1n) is 6.95. The van der Waals surface area contributed by atoms with Gasteiger partial charge < -0.3 is 15.2 Å². The molecular formula is C14H21N3O3S. The van der Waals surface area contributed by atoms with Crippen molar-refractivity contribution in [3.63, 3.8) is 0 Å². The molecule has 1 aliphatic heterocycles. The van der Waals surface area contributed by atoms with Gasteiger partial charge in [-0.2, -0.15) is 0 Å². The summed E-state index contributed by atoms with van der Waals surface area (Å²) in [6.07, 6.45) is 1.14. The second-order valence-corrected chi connectivity index (χ2v) is 5.84. The van der Waals surface area contributed by atoms with Crippen molar-refractivity contribution in [1.29, 1.82) is 0 Å². The Morgan fingerprint density at radius 3 is 3.05 bits per heavy atom. The lowest BCUT2D eigenvalue weighted by molar-refractivity contribution is -0.131. The number of nitrogens with one attached hydrogen (secondary N) is 1. The molecule has 21 heavy (non-hydrogen) atoms. The highest BCUT2D eigenvalue weighted by molar-refractivity contribution is 7.99. The van der Waals surface area contributed by atoms with Gasteiger partial charge >= 0.3 is 0 Å². The molecule has 1 aromatic rings. The first-order chi connectivity index (χ1) is 10.1. The zero-order chi connectivity index (χ0) is 15.2. The van der Waals surface area contributed by atoms with Crippen molar-refractivity contribution in [1.82, 2.24) is 5.43 Å². The summed E-state index contributed by atoms with van der Waals surface area (Å²) in [6, 6.07) is 5.63. The Morgan fingerprint density at radius 1 is 1.52 bits per heavy atom. The van der Waals surface area contributed by atoms with Crippen LogP contribution in [0, 0.1) is 0 Å². The highest BCUT2D eigenvalue weighted by Gasteiger charge is 2.30. The Hall–Kier alpha value is -1.44. The van der Waals surface area contributed by atoms with Crippen LogP contribution in [0.25, 0.3) is 0 Å². The summed E-state index contributed by atoms with van der Waals surface area (Å²) in [4.78, 5) is 12.4. The van der Waals surface area contributed by atoms with Crippen molar-refractivity contribution < 1.29 is 14.3 Å². The highest BCUT2D eigenvalue weighted by Crippen LogP contribution is 2.32. The molecule has 1 aliphatic rings. The predicted octanol–water partition coefficient (Wildman–Crippen LogP) is 1.30. The number of carbonyl (C=O) groups excluding carboxylic acids is 1. The molecule has 7 heteroatoms. The number of benzene rings is 1. The molecule has 5 N–H and O–H groups in total. The van der Waals surface area contributed by atoms with Crippen LogP contribution in [0.2, 0.25) is 0 Å². The van der Waals surface area contributed by atoms with Crippen LogP contribution >= 0.6 is 11.8 Å². The van der Waals surface area contributed by atoms with Gasteiger partial charge in [-0.25, -0.2) is 5.84 Å². The maximum absolute atomic E-state index is 11.4. The van der Waals surface area contributed by atoms with Crippen LogP contribution in [0.3, 0.4) is 0 Å². The average Bonchev–Trinajstić information content (AvgIpc) is 2.96. The van der Waals surface area contributed by atoms with E-state index in [1.807, 2.05) is 25.1 Å². The third-order valence-corrected chi connectivity index (χ3v) is 4.47. The van der Waals surface area contributed by atoms with Crippen molar-refractivity contribution >= 4 is 23.4 Å². The summed E-state index contributed by atoms with van der Waals surface area (Å²) >= 11 is 1.61. The predicted molar refractivity (Wildman–Crippen MR) is 83.0 cm³/mol. The summed E-state index contributed by atoms with van der Waals surface area (Å²) in [6.45, 7) is 2.56. The zero-order valence-electron chi connectivity index (χ0n) is 12.0. The fourth-order valence-corrected chi connectivity index (χ4v) is 3.24. The van der Waals surface area contributed by atoms with E-state index in [0.717, 1.165) is 28.5 Å². The fraction of sp³-hybridized carbons (Fsp3) is 0.500. The molecule has 1 fully saturated rings. The molecule has 1 amide bonds. The van der Waals surface area contributed by atoms with Crippen molar-refractivity contribution in [2.45, 2.75) is 36.9 Å². The molecule has 0 aromatic heterocycles. The van der Waals surface area contributed by atoms with Crippen LogP contribution < -0.4 is 21.7 Å². The number of hydrazine groups is 1. The Balaban J connectivity index is 1.89. The van der Waals surface area contributed by atoms with E-state index < -0.39 is 6.10 Å². The number of amides is 1. The van der Waals surface area contributed by atoms with Gasteiger partial charge in [0.15, 0.2) is 0 Å². The largest absolute Gasteiger partial charge is 0.494 e. The first-order valence-corrected chi connectivity index (χ1v) is 7.93. The summed E-state index contributed by atoms with van der Waals surface area (Å²) in [5.41, 5.74) is 8.81. The quantitative estimate of drug-likeness (QED) is 0.241. The van der Waals surface area contributed by atoms with Gasteiger partial charge in [0.1, 0.15) is 11.9 Å². The molecule has 0 bridgehead atoms. The lowest BCUT2D eigenvalue weighted by atomic mass is 10.2. The third kappa shape index (κ3) is 4.26. The molecule has 1 saturated heterocycles. The summed E-state index contributed by atoms with van der Waals surface area (Å²) in [5, 5.41) is 0. The first kappa shape index (κ1) is 15.9. The fourth-order valence-electron chi connectivity index (χ4n) is 2.19. The van der Waals surface area contributed by atoms with Crippen LogP contribution in [-0.2, 0) is 9.53 Å². The topological polar surface area (TPSA) is 99.6 Å². The van der Waals surface area contributed by atoms with Crippen LogP contribution in [0.15, 0.2) is 23.1 Å². The van der Waals surface area contributed by atoms with Gasteiger partial charge in [0, 0.05) is 16.3 Å². The Bertz CT molecular complexity index is 498. The number of nitrogen functional groups attached to an aromatic ring is 1. The number of anilines is 1. The molecule has 6 nitrogen and oxygen atoms in total. The van der Waals surface area contributed by atoms with Gasteiger partial charge in [-0.3, -0.25) is 10.2 Å². The molecular weight excluding hydrogens is 290 g/mol. The number of hydrogen-bond donors (Lipinski definition) is 3. The Morgan fingerprint density at radius 2 is 2.33 bits per heavy atom. The number of hydrogen-bond acceptors (Lipinski definition) is 6. The van der Waals surface area contributed by atoms with E-state index >= 15 is 0 Å². The van der Waals surface area contributed by atoms with Gasteiger partial charge in [0.25, 0.3) is 5.91 Å². The normalized spacial score (nSPS) is 21.2. The highest BCUT2D eigenvalue weighted by atomic mass is 32.2. The van der Waals surface area contributed by atoms with E-state index in [0.29, 0.717) is 13.0 Å². The molecule has 0 spiro atoms. The number of carbonyl (C=O) groups is 1. The monoisotopic (exact) mass is 311 g/mol. The lowest BCUT2D eigenvalue weighted by Crippen LogP contribution is -2.39.